The fourth-order valence-electron chi connectivity index (χ4n) is 3.72. The van der Waals surface area contributed by atoms with Crippen LogP contribution in [-0.2, 0) is 4.79 Å². The van der Waals surface area contributed by atoms with Crippen LogP contribution in [0.1, 0.15) is 29.7 Å². The number of anilines is 2. The third kappa shape index (κ3) is 3.16. The summed E-state index contributed by atoms with van der Waals surface area (Å²) >= 11 is 0. The summed E-state index contributed by atoms with van der Waals surface area (Å²) in [7, 11) is 0. The van der Waals surface area contributed by atoms with Crippen LogP contribution in [0.15, 0.2) is 49.1 Å². The van der Waals surface area contributed by atoms with Crippen molar-refractivity contribution in [3.63, 3.8) is 0 Å². The van der Waals surface area contributed by atoms with Crippen LogP contribution in [0.25, 0.3) is 0 Å². The topological polar surface area (TPSA) is 84.7 Å². The van der Waals surface area contributed by atoms with Crippen LogP contribution in [-0.4, -0.2) is 31.7 Å². The van der Waals surface area contributed by atoms with E-state index < -0.39 is 0 Å². The van der Waals surface area contributed by atoms with Crippen molar-refractivity contribution in [2.45, 2.75) is 32.9 Å². The molecule has 1 aromatic carbocycles. The number of nitrogens with one attached hydrogen (secondary N) is 2. The second-order valence-electron chi connectivity index (χ2n) is 7.03. The lowest BCUT2D eigenvalue weighted by Gasteiger charge is -2.36. The Hall–Kier alpha value is -3.22. The lowest BCUT2D eigenvalue weighted by molar-refractivity contribution is -0.121. The first-order valence-electron chi connectivity index (χ1n) is 8.98. The molecule has 3 heterocycles. The highest BCUT2D eigenvalue weighted by atomic mass is 16.2. The second-order valence-corrected chi connectivity index (χ2v) is 7.03. The van der Waals surface area contributed by atoms with Gasteiger partial charge >= 0.3 is 0 Å². The first kappa shape index (κ1) is 17.2. The van der Waals surface area contributed by atoms with Crippen molar-refractivity contribution in [2.24, 2.45) is 5.92 Å². The van der Waals surface area contributed by atoms with E-state index in [-0.39, 0.29) is 23.9 Å². The fraction of sp³-hybridized carbons (Fsp3) is 0.300. The molecule has 27 heavy (non-hydrogen) atoms. The van der Waals surface area contributed by atoms with E-state index in [1.807, 2.05) is 45.0 Å². The fourth-order valence-corrected chi connectivity index (χ4v) is 3.72. The molecule has 3 atom stereocenters. The predicted molar refractivity (Wildman–Crippen MR) is 104 cm³/mol. The molecule has 7 heteroatoms. The lowest BCUT2D eigenvalue weighted by Crippen LogP contribution is -2.46. The molecule has 0 saturated heterocycles. The summed E-state index contributed by atoms with van der Waals surface area (Å²) in [6, 6.07) is 9.46. The van der Waals surface area contributed by atoms with Gasteiger partial charge in [0.2, 0.25) is 11.9 Å². The molecule has 2 aromatic heterocycles. The molecular formula is C20H22N6O. The second kappa shape index (κ2) is 6.83. The molecule has 7 nitrogen and oxygen atoms in total. The molecule has 0 aliphatic carbocycles. The maximum absolute atomic E-state index is 13.3. The number of hydrogen-bond donors (Lipinski definition) is 2. The average molecular weight is 362 g/mol. The Bertz CT molecular complexity index is 968. The summed E-state index contributed by atoms with van der Waals surface area (Å²) in [5.74, 6) is 0.230. The zero-order valence-electron chi connectivity index (χ0n) is 15.5. The molecule has 0 saturated carbocycles. The molecule has 2 N–H and O–H groups in total. The molecule has 0 radical (unpaired) electrons. The third-order valence-electron chi connectivity index (χ3n) is 5.04. The summed E-state index contributed by atoms with van der Waals surface area (Å²) in [4.78, 5) is 21.8. The number of aryl methyl sites for hydroxylation is 2. The molecule has 0 fully saturated rings. The summed E-state index contributed by atoms with van der Waals surface area (Å²) in [5, 5.41) is 10.7. The maximum atomic E-state index is 13.3. The number of amides is 1. The van der Waals surface area contributed by atoms with Gasteiger partial charge in [0.15, 0.2) is 0 Å². The summed E-state index contributed by atoms with van der Waals surface area (Å²) in [5.41, 5.74) is 3.96. The van der Waals surface area contributed by atoms with Gasteiger partial charge in [0.1, 0.15) is 6.33 Å². The van der Waals surface area contributed by atoms with Crippen molar-refractivity contribution < 1.29 is 4.79 Å². The van der Waals surface area contributed by atoms with E-state index in [0.29, 0.717) is 5.95 Å². The zero-order chi connectivity index (χ0) is 19.0. The smallest absolute Gasteiger partial charge is 0.232 e. The van der Waals surface area contributed by atoms with Crippen molar-refractivity contribution in [3.8, 4) is 0 Å². The largest absolute Gasteiger partial charge is 0.351 e. The van der Waals surface area contributed by atoms with Gasteiger partial charge in [0.25, 0.3) is 0 Å². The number of fused-ring (bicyclic) bond motifs is 1. The van der Waals surface area contributed by atoms with Gasteiger partial charge in [0, 0.05) is 24.1 Å². The maximum Gasteiger partial charge on any atom is 0.232 e. The lowest BCUT2D eigenvalue weighted by atomic mass is 9.86. The Morgan fingerprint density at radius 2 is 2.11 bits per heavy atom. The van der Waals surface area contributed by atoms with Gasteiger partial charge < -0.3 is 10.6 Å². The number of pyridine rings is 1. The quantitative estimate of drug-likeness (QED) is 0.748. The van der Waals surface area contributed by atoms with Crippen LogP contribution in [0.5, 0.6) is 0 Å². The van der Waals surface area contributed by atoms with E-state index in [1.54, 1.807) is 17.1 Å². The molecule has 0 bridgehead atoms. The van der Waals surface area contributed by atoms with Gasteiger partial charge in [-0.3, -0.25) is 9.78 Å². The molecule has 4 rings (SSSR count). The number of aromatic nitrogens is 4. The Morgan fingerprint density at radius 1 is 1.26 bits per heavy atom. The molecule has 0 spiro atoms. The number of carbonyl (C=O) groups is 1. The van der Waals surface area contributed by atoms with E-state index in [9.17, 15) is 4.79 Å². The highest BCUT2D eigenvalue weighted by Gasteiger charge is 2.41. The summed E-state index contributed by atoms with van der Waals surface area (Å²) in [6.07, 6.45) is 5.01. The standard InChI is InChI=1S/C20H22N6O/c1-12-6-7-16(13(2)9-12)25-19(27)17-14(3)24-20-22-11-23-26(20)18(17)15-5-4-8-21-10-15/h4-11,14,17-18H,1-3H3,(H,25,27)(H,22,23,24). The van der Waals surface area contributed by atoms with Crippen molar-refractivity contribution in [1.29, 1.82) is 0 Å². The van der Waals surface area contributed by atoms with Gasteiger partial charge in [-0.1, -0.05) is 23.8 Å². The van der Waals surface area contributed by atoms with E-state index in [4.69, 9.17) is 0 Å². The van der Waals surface area contributed by atoms with Crippen molar-refractivity contribution in [2.75, 3.05) is 10.6 Å². The predicted octanol–water partition coefficient (Wildman–Crippen LogP) is 2.95. The first-order valence-corrected chi connectivity index (χ1v) is 8.98. The average Bonchev–Trinajstić information content (AvgIpc) is 3.11. The number of nitrogens with zero attached hydrogens (tertiary/aromatic N) is 4. The van der Waals surface area contributed by atoms with Crippen molar-refractivity contribution >= 4 is 17.5 Å². The minimum absolute atomic E-state index is 0.0584. The van der Waals surface area contributed by atoms with Crippen molar-refractivity contribution in [1.82, 2.24) is 19.7 Å². The number of hydrogen-bond acceptors (Lipinski definition) is 5. The molecule has 1 aliphatic rings. The van der Waals surface area contributed by atoms with E-state index in [1.165, 1.54) is 11.9 Å². The van der Waals surface area contributed by atoms with E-state index in [0.717, 1.165) is 16.8 Å². The van der Waals surface area contributed by atoms with E-state index >= 15 is 0 Å². The van der Waals surface area contributed by atoms with Gasteiger partial charge in [-0.2, -0.15) is 10.1 Å². The third-order valence-corrected chi connectivity index (χ3v) is 5.04. The van der Waals surface area contributed by atoms with Gasteiger partial charge in [-0.25, -0.2) is 4.68 Å². The molecule has 138 valence electrons. The Kier molecular flexibility index (Phi) is 4.35. The molecular weight excluding hydrogens is 340 g/mol. The Labute approximate surface area is 157 Å². The van der Waals surface area contributed by atoms with Crippen LogP contribution >= 0.6 is 0 Å². The Morgan fingerprint density at radius 3 is 2.85 bits per heavy atom. The van der Waals surface area contributed by atoms with Crippen LogP contribution in [0.3, 0.4) is 0 Å². The highest BCUT2D eigenvalue weighted by molar-refractivity contribution is 5.94. The number of carbonyl (C=O) groups excluding carboxylic acids is 1. The molecule has 1 amide bonds. The van der Waals surface area contributed by atoms with Crippen LogP contribution in [0, 0.1) is 19.8 Å². The monoisotopic (exact) mass is 362 g/mol. The van der Waals surface area contributed by atoms with Gasteiger partial charge in [-0.15, -0.1) is 0 Å². The SMILES string of the molecule is Cc1ccc(NC(=O)C2C(C)Nc3ncnn3C2c2cccnc2)c(C)c1. The highest BCUT2D eigenvalue weighted by Crippen LogP contribution is 2.36. The molecule has 3 unspecified atom stereocenters. The number of rotatable bonds is 3. The zero-order valence-corrected chi connectivity index (χ0v) is 15.5. The summed E-state index contributed by atoms with van der Waals surface area (Å²) < 4.78 is 1.77. The van der Waals surface area contributed by atoms with E-state index in [2.05, 4.69) is 31.8 Å². The van der Waals surface area contributed by atoms with Crippen molar-refractivity contribution in [3.05, 3.63) is 65.7 Å². The normalized spacial score (nSPS) is 21.2. The van der Waals surface area contributed by atoms with Crippen LogP contribution < -0.4 is 10.6 Å². The first-order chi connectivity index (χ1) is 13.0. The Balaban J connectivity index is 1.71. The van der Waals surface area contributed by atoms with Crippen LogP contribution in [0.4, 0.5) is 11.6 Å². The minimum Gasteiger partial charge on any atom is -0.351 e. The minimum atomic E-state index is -0.371. The van der Waals surface area contributed by atoms with Gasteiger partial charge in [-0.05, 0) is 44.0 Å². The molecule has 3 aromatic rings. The molecule has 1 aliphatic heterocycles. The summed E-state index contributed by atoms with van der Waals surface area (Å²) in [6.45, 7) is 6.03. The van der Waals surface area contributed by atoms with Gasteiger partial charge in [0.05, 0.1) is 12.0 Å². The number of benzene rings is 1. The van der Waals surface area contributed by atoms with Crippen LogP contribution in [0.2, 0.25) is 0 Å².